The first-order chi connectivity index (χ1) is 12.2. The van der Waals surface area contributed by atoms with Crippen LogP contribution in [-0.2, 0) is 4.79 Å². The third-order valence-electron chi connectivity index (χ3n) is 4.32. The Hall–Kier alpha value is -2.89. The van der Waals surface area contributed by atoms with Crippen molar-refractivity contribution in [3.8, 4) is 11.1 Å². The van der Waals surface area contributed by atoms with Gasteiger partial charge >= 0.3 is 0 Å². The molecule has 2 aromatic rings. The number of H-pyrrole nitrogens is 1. The van der Waals surface area contributed by atoms with Crippen LogP contribution in [0.5, 0.6) is 0 Å². The number of pyridine rings is 2. The lowest BCUT2D eigenvalue weighted by Crippen LogP contribution is -2.45. The minimum absolute atomic E-state index is 0.0217. The third-order valence-corrected chi connectivity index (χ3v) is 4.32. The number of hydrogen-bond acceptors (Lipinski definition) is 4. The van der Waals surface area contributed by atoms with Crippen LogP contribution in [0.3, 0.4) is 0 Å². The molecule has 0 radical (unpaired) electrons. The van der Waals surface area contributed by atoms with Crippen molar-refractivity contribution in [2.45, 2.75) is 25.8 Å². The van der Waals surface area contributed by atoms with Gasteiger partial charge in [0.05, 0.1) is 0 Å². The monoisotopic (exact) mass is 338 g/mol. The maximum atomic E-state index is 12.2. The summed E-state index contributed by atoms with van der Waals surface area (Å²) in [7, 11) is 0. The molecule has 0 bridgehead atoms. The standard InChI is InChI=1S/C19H22N4O2/c1-2-4-18(24)23-10-3-5-16(13-23)22-17-11-15(12-21-19(17)25)14-6-8-20-9-7-14/h2,4,6-9,11-12,16,22H,3,5,10,13H2,1H3,(H,21,25)/b4-2+. The van der Waals surface area contributed by atoms with E-state index in [1.807, 2.05) is 30.0 Å². The van der Waals surface area contributed by atoms with Crippen LogP contribution < -0.4 is 10.9 Å². The molecule has 1 saturated heterocycles. The van der Waals surface area contributed by atoms with Crippen molar-refractivity contribution >= 4 is 11.6 Å². The molecule has 3 rings (SSSR count). The highest BCUT2D eigenvalue weighted by Crippen LogP contribution is 2.20. The summed E-state index contributed by atoms with van der Waals surface area (Å²) in [6.07, 6.45) is 10.3. The van der Waals surface area contributed by atoms with Crippen LogP contribution in [0.15, 0.2) is 53.7 Å². The number of nitrogens with zero attached hydrogens (tertiary/aromatic N) is 2. The Bertz CT molecular complexity index is 814. The Kier molecular flexibility index (Phi) is 5.28. The fourth-order valence-electron chi connectivity index (χ4n) is 3.07. The summed E-state index contributed by atoms with van der Waals surface area (Å²) in [5, 5.41) is 3.31. The average molecular weight is 338 g/mol. The van der Waals surface area contributed by atoms with E-state index in [1.54, 1.807) is 30.7 Å². The first-order valence-corrected chi connectivity index (χ1v) is 8.48. The van der Waals surface area contributed by atoms with Crippen LogP contribution in [-0.4, -0.2) is 39.9 Å². The number of amides is 1. The smallest absolute Gasteiger partial charge is 0.271 e. The number of allylic oxidation sites excluding steroid dienone is 1. The van der Waals surface area contributed by atoms with Gasteiger partial charge in [-0.25, -0.2) is 0 Å². The minimum atomic E-state index is -0.158. The Labute approximate surface area is 146 Å². The van der Waals surface area contributed by atoms with E-state index in [2.05, 4.69) is 15.3 Å². The highest BCUT2D eigenvalue weighted by atomic mass is 16.2. The highest BCUT2D eigenvalue weighted by Gasteiger charge is 2.22. The quantitative estimate of drug-likeness (QED) is 0.839. The van der Waals surface area contributed by atoms with Gasteiger partial charge in [-0.15, -0.1) is 0 Å². The Morgan fingerprint density at radius 1 is 1.36 bits per heavy atom. The maximum Gasteiger partial charge on any atom is 0.271 e. The van der Waals surface area contributed by atoms with Crippen LogP contribution in [0, 0.1) is 0 Å². The van der Waals surface area contributed by atoms with Gasteiger partial charge in [-0.1, -0.05) is 6.08 Å². The number of aromatic nitrogens is 2. The van der Waals surface area contributed by atoms with E-state index in [4.69, 9.17) is 0 Å². The summed E-state index contributed by atoms with van der Waals surface area (Å²) in [5.74, 6) is 0.0217. The fraction of sp³-hybridized carbons (Fsp3) is 0.316. The predicted octanol–water partition coefficient (Wildman–Crippen LogP) is 2.42. The predicted molar refractivity (Wildman–Crippen MR) is 98.3 cm³/mol. The van der Waals surface area contributed by atoms with E-state index in [-0.39, 0.29) is 17.5 Å². The normalized spacial score (nSPS) is 17.6. The van der Waals surface area contributed by atoms with Gasteiger partial charge in [0, 0.05) is 43.3 Å². The van der Waals surface area contributed by atoms with Crippen molar-refractivity contribution in [3.05, 3.63) is 59.3 Å². The number of hydrogen-bond donors (Lipinski definition) is 2. The number of rotatable bonds is 4. The molecule has 1 amide bonds. The first-order valence-electron chi connectivity index (χ1n) is 8.48. The van der Waals surface area contributed by atoms with Crippen molar-refractivity contribution in [3.63, 3.8) is 0 Å². The summed E-state index contributed by atoms with van der Waals surface area (Å²) in [6, 6.07) is 5.71. The van der Waals surface area contributed by atoms with E-state index >= 15 is 0 Å². The molecule has 1 aliphatic heterocycles. The van der Waals surface area contributed by atoms with E-state index in [9.17, 15) is 9.59 Å². The molecular weight excluding hydrogens is 316 g/mol. The fourth-order valence-corrected chi connectivity index (χ4v) is 3.07. The number of aromatic amines is 1. The summed E-state index contributed by atoms with van der Waals surface area (Å²) >= 11 is 0. The zero-order valence-electron chi connectivity index (χ0n) is 14.2. The van der Waals surface area contributed by atoms with Gasteiger partial charge < -0.3 is 15.2 Å². The second-order valence-corrected chi connectivity index (χ2v) is 6.13. The molecule has 1 unspecified atom stereocenters. The molecule has 3 heterocycles. The Morgan fingerprint density at radius 2 is 2.16 bits per heavy atom. The topological polar surface area (TPSA) is 78.1 Å². The first kappa shape index (κ1) is 17.0. The highest BCUT2D eigenvalue weighted by molar-refractivity contribution is 5.87. The summed E-state index contributed by atoms with van der Waals surface area (Å²) in [6.45, 7) is 3.19. The summed E-state index contributed by atoms with van der Waals surface area (Å²) in [5.41, 5.74) is 2.28. The number of carbonyl (C=O) groups excluding carboxylic acids is 1. The lowest BCUT2D eigenvalue weighted by molar-refractivity contribution is -0.127. The minimum Gasteiger partial charge on any atom is -0.376 e. The molecule has 25 heavy (non-hydrogen) atoms. The van der Waals surface area contributed by atoms with Gasteiger partial charge in [0.15, 0.2) is 0 Å². The number of likely N-dealkylation sites (tertiary alicyclic amines) is 1. The second kappa shape index (κ2) is 7.79. The summed E-state index contributed by atoms with van der Waals surface area (Å²) in [4.78, 5) is 32.8. The Balaban J connectivity index is 1.76. The van der Waals surface area contributed by atoms with Crippen LogP contribution in [0.1, 0.15) is 19.8 Å². The van der Waals surface area contributed by atoms with Gasteiger partial charge in [-0.2, -0.15) is 0 Å². The second-order valence-electron chi connectivity index (χ2n) is 6.13. The van der Waals surface area contributed by atoms with Gasteiger partial charge in [0.1, 0.15) is 5.69 Å². The molecule has 2 N–H and O–H groups in total. The molecule has 0 aromatic carbocycles. The summed E-state index contributed by atoms with van der Waals surface area (Å²) < 4.78 is 0. The van der Waals surface area contributed by atoms with E-state index in [0.717, 1.165) is 30.5 Å². The molecule has 1 aliphatic rings. The number of carbonyl (C=O) groups is 1. The molecule has 2 aromatic heterocycles. The molecule has 1 fully saturated rings. The van der Waals surface area contributed by atoms with E-state index in [0.29, 0.717) is 12.2 Å². The van der Waals surface area contributed by atoms with Crippen molar-refractivity contribution in [1.29, 1.82) is 0 Å². The van der Waals surface area contributed by atoms with Crippen molar-refractivity contribution in [1.82, 2.24) is 14.9 Å². The molecule has 0 spiro atoms. The van der Waals surface area contributed by atoms with Crippen LogP contribution in [0.2, 0.25) is 0 Å². The molecule has 0 saturated carbocycles. The van der Waals surface area contributed by atoms with Crippen molar-refractivity contribution < 1.29 is 4.79 Å². The van der Waals surface area contributed by atoms with Gasteiger partial charge in [-0.3, -0.25) is 14.6 Å². The average Bonchev–Trinajstić information content (AvgIpc) is 2.65. The van der Waals surface area contributed by atoms with Crippen molar-refractivity contribution in [2.75, 3.05) is 18.4 Å². The molecule has 0 aliphatic carbocycles. The molecule has 1 atom stereocenters. The number of nitrogens with one attached hydrogen (secondary N) is 2. The largest absolute Gasteiger partial charge is 0.376 e. The van der Waals surface area contributed by atoms with Gasteiger partial charge in [0.25, 0.3) is 5.56 Å². The SMILES string of the molecule is C/C=C/C(=O)N1CCCC(Nc2cc(-c3ccncc3)c[nH]c2=O)C1. The van der Waals surface area contributed by atoms with Crippen molar-refractivity contribution in [2.24, 2.45) is 0 Å². The lowest BCUT2D eigenvalue weighted by Gasteiger charge is -2.33. The van der Waals surface area contributed by atoms with E-state index in [1.165, 1.54) is 0 Å². The Morgan fingerprint density at radius 3 is 2.92 bits per heavy atom. The maximum absolute atomic E-state index is 12.2. The third kappa shape index (κ3) is 4.15. The number of anilines is 1. The number of piperidine rings is 1. The molecule has 6 nitrogen and oxygen atoms in total. The van der Waals surface area contributed by atoms with E-state index < -0.39 is 0 Å². The van der Waals surface area contributed by atoms with Crippen LogP contribution >= 0.6 is 0 Å². The van der Waals surface area contributed by atoms with Crippen LogP contribution in [0.4, 0.5) is 5.69 Å². The lowest BCUT2D eigenvalue weighted by atomic mass is 10.0. The van der Waals surface area contributed by atoms with Gasteiger partial charge in [-0.05, 0) is 49.6 Å². The van der Waals surface area contributed by atoms with Gasteiger partial charge in [0.2, 0.25) is 5.91 Å². The van der Waals surface area contributed by atoms with Crippen LogP contribution in [0.25, 0.3) is 11.1 Å². The molecule has 6 heteroatoms. The molecule has 130 valence electrons. The zero-order valence-corrected chi connectivity index (χ0v) is 14.2. The zero-order chi connectivity index (χ0) is 17.6. The molecular formula is C19H22N4O2.